The molecule has 0 saturated carbocycles. The molecule has 4 atom stereocenters. The van der Waals surface area contributed by atoms with E-state index in [1.54, 1.807) is 0 Å². The van der Waals surface area contributed by atoms with Crippen LogP contribution in [0.25, 0.3) is 11.2 Å². The van der Waals surface area contributed by atoms with Crippen molar-refractivity contribution in [1.82, 2.24) is 24.4 Å². The van der Waals surface area contributed by atoms with E-state index in [1.165, 1.54) is 4.57 Å². The standard InChI is InChI=1S/C15H23N7O5/c1-20-2-4-21(5-3-20)15-17-8-11(18-14(16)19-12(8)26)22(15)13-10(25)9(24)7(6-23)27-13/h7,9-10,13,23-25H,2-6H2,1H3,(H3,16,18,19,26). The van der Waals surface area contributed by atoms with E-state index in [0.29, 0.717) is 19.0 Å². The van der Waals surface area contributed by atoms with Crippen molar-refractivity contribution in [2.75, 3.05) is 50.5 Å². The Morgan fingerprint density at radius 1 is 1.22 bits per heavy atom. The van der Waals surface area contributed by atoms with Gasteiger partial charge in [0.15, 0.2) is 17.4 Å². The lowest BCUT2D eigenvalue weighted by Crippen LogP contribution is -2.46. The summed E-state index contributed by atoms with van der Waals surface area (Å²) in [6.07, 6.45) is -4.63. The highest BCUT2D eigenvalue weighted by Crippen LogP contribution is 2.35. The maximum absolute atomic E-state index is 12.3. The van der Waals surface area contributed by atoms with Crippen LogP contribution < -0.4 is 16.2 Å². The number of aromatic nitrogens is 4. The maximum Gasteiger partial charge on any atom is 0.280 e. The quantitative estimate of drug-likeness (QED) is 0.371. The lowest BCUT2D eigenvalue weighted by atomic mass is 10.1. The zero-order chi connectivity index (χ0) is 19.3. The Hall–Kier alpha value is -2.25. The third kappa shape index (κ3) is 2.95. The van der Waals surface area contributed by atoms with Crippen LogP contribution >= 0.6 is 0 Å². The molecule has 2 fully saturated rings. The van der Waals surface area contributed by atoms with E-state index in [4.69, 9.17) is 10.5 Å². The Morgan fingerprint density at radius 2 is 1.93 bits per heavy atom. The first-order valence-electron chi connectivity index (χ1n) is 8.74. The highest BCUT2D eigenvalue weighted by Gasteiger charge is 2.45. The minimum atomic E-state index is -1.33. The van der Waals surface area contributed by atoms with E-state index in [0.717, 1.165) is 13.1 Å². The number of H-pyrrole nitrogens is 1. The van der Waals surface area contributed by atoms with Crippen LogP contribution in [0.5, 0.6) is 0 Å². The zero-order valence-electron chi connectivity index (χ0n) is 14.8. The molecule has 0 aliphatic carbocycles. The molecule has 4 unspecified atom stereocenters. The van der Waals surface area contributed by atoms with Crippen molar-refractivity contribution >= 4 is 23.1 Å². The lowest BCUT2D eigenvalue weighted by Gasteiger charge is -2.34. The number of hydrogen-bond donors (Lipinski definition) is 5. The molecule has 2 saturated heterocycles. The van der Waals surface area contributed by atoms with Crippen molar-refractivity contribution in [3.63, 3.8) is 0 Å². The number of nitrogens with two attached hydrogens (primary N) is 1. The van der Waals surface area contributed by atoms with Crippen LogP contribution in [0.3, 0.4) is 0 Å². The van der Waals surface area contributed by atoms with E-state index in [-0.39, 0.29) is 17.1 Å². The van der Waals surface area contributed by atoms with Gasteiger partial charge in [0.2, 0.25) is 11.9 Å². The summed E-state index contributed by atoms with van der Waals surface area (Å²) in [6, 6.07) is 0. The van der Waals surface area contributed by atoms with Crippen molar-refractivity contribution in [1.29, 1.82) is 0 Å². The number of rotatable bonds is 3. The Morgan fingerprint density at radius 3 is 2.56 bits per heavy atom. The molecular formula is C15H23N7O5. The molecule has 2 aliphatic rings. The number of likely N-dealkylation sites (N-methyl/N-ethyl adjacent to an activating group) is 1. The fraction of sp³-hybridized carbons (Fsp3) is 0.667. The van der Waals surface area contributed by atoms with Gasteiger partial charge in [0.05, 0.1) is 6.61 Å². The van der Waals surface area contributed by atoms with Crippen molar-refractivity contribution in [3.8, 4) is 0 Å². The monoisotopic (exact) mass is 381 g/mol. The predicted octanol–water partition coefficient (Wildman–Crippen LogP) is -2.93. The summed E-state index contributed by atoms with van der Waals surface area (Å²) in [5.74, 6) is 0.307. The number of hydrogen-bond acceptors (Lipinski definition) is 10. The van der Waals surface area contributed by atoms with Crippen LogP contribution in [-0.4, -0.2) is 97.9 Å². The Kier molecular flexibility index (Phi) is 4.52. The van der Waals surface area contributed by atoms with Crippen LogP contribution in [0.15, 0.2) is 4.79 Å². The number of piperazine rings is 1. The molecule has 0 aromatic carbocycles. The Bertz CT molecular complexity index is 891. The second-order valence-corrected chi connectivity index (χ2v) is 6.92. The Balaban J connectivity index is 1.86. The molecule has 27 heavy (non-hydrogen) atoms. The van der Waals surface area contributed by atoms with Crippen LogP contribution in [0.2, 0.25) is 0 Å². The summed E-state index contributed by atoms with van der Waals surface area (Å²) in [7, 11) is 2.01. The van der Waals surface area contributed by atoms with Crippen molar-refractivity contribution < 1.29 is 20.1 Å². The van der Waals surface area contributed by atoms with Gasteiger partial charge in [0, 0.05) is 26.2 Å². The van der Waals surface area contributed by atoms with E-state index in [2.05, 4.69) is 19.9 Å². The highest BCUT2D eigenvalue weighted by molar-refractivity contribution is 5.75. The van der Waals surface area contributed by atoms with Crippen molar-refractivity contribution in [3.05, 3.63) is 10.4 Å². The average Bonchev–Trinajstić information content (AvgIpc) is 3.14. The minimum Gasteiger partial charge on any atom is -0.394 e. The number of aliphatic hydroxyl groups is 3. The SMILES string of the molecule is CN1CCN(c2nc3c(=O)[nH]c(N)nc3n2C2OC(CO)C(O)C2O)CC1. The number of aliphatic hydroxyl groups excluding tert-OH is 3. The maximum atomic E-state index is 12.3. The predicted molar refractivity (Wildman–Crippen MR) is 95.3 cm³/mol. The summed E-state index contributed by atoms with van der Waals surface area (Å²) in [6.45, 7) is 2.45. The smallest absolute Gasteiger partial charge is 0.280 e. The van der Waals surface area contributed by atoms with Crippen LogP contribution in [0.1, 0.15) is 6.23 Å². The highest BCUT2D eigenvalue weighted by atomic mass is 16.6. The van der Waals surface area contributed by atoms with Gasteiger partial charge in [-0.15, -0.1) is 0 Å². The third-order valence-electron chi connectivity index (χ3n) is 5.11. The second kappa shape index (κ2) is 6.73. The molecule has 0 amide bonds. The van der Waals surface area contributed by atoms with Gasteiger partial charge >= 0.3 is 0 Å². The molecule has 2 aromatic heterocycles. The summed E-state index contributed by atoms with van der Waals surface area (Å²) < 4.78 is 7.14. The van der Waals surface area contributed by atoms with Gasteiger partial charge in [0.25, 0.3) is 5.56 Å². The van der Waals surface area contributed by atoms with Crippen LogP contribution in [-0.2, 0) is 4.74 Å². The van der Waals surface area contributed by atoms with Crippen molar-refractivity contribution in [2.24, 2.45) is 0 Å². The topological polar surface area (TPSA) is 166 Å². The fourth-order valence-corrected chi connectivity index (χ4v) is 3.55. The van der Waals surface area contributed by atoms with Crippen LogP contribution in [0, 0.1) is 0 Å². The number of aromatic amines is 1. The molecule has 2 aromatic rings. The number of anilines is 2. The zero-order valence-corrected chi connectivity index (χ0v) is 14.8. The molecule has 4 heterocycles. The lowest BCUT2D eigenvalue weighted by molar-refractivity contribution is -0.0505. The van der Waals surface area contributed by atoms with E-state index >= 15 is 0 Å². The van der Waals surface area contributed by atoms with Gasteiger partial charge in [-0.25, -0.2) is 4.98 Å². The molecule has 4 rings (SSSR count). The molecule has 0 radical (unpaired) electrons. The summed E-state index contributed by atoms with van der Waals surface area (Å²) in [4.78, 5) is 27.5. The number of ether oxygens (including phenoxy) is 1. The molecule has 12 nitrogen and oxygen atoms in total. The van der Waals surface area contributed by atoms with Gasteiger partial charge in [0.1, 0.15) is 18.3 Å². The molecule has 2 aliphatic heterocycles. The summed E-state index contributed by atoms with van der Waals surface area (Å²) in [5.41, 5.74) is 5.41. The van der Waals surface area contributed by atoms with Gasteiger partial charge in [-0.1, -0.05) is 0 Å². The number of nitrogens with zero attached hydrogens (tertiary/aromatic N) is 5. The second-order valence-electron chi connectivity index (χ2n) is 6.92. The summed E-state index contributed by atoms with van der Waals surface area (Å²) >= 11 is 0. The van der Waals surface area contributed by atoms with Gasteiger partial charge < -0.3 is 35.6 Å². The van der Waals surface area contributed by atoms with Crippen molar-refractivity contribution in [2.45, 2.75) is 24.5 Å². The molecule has 0 bridgehead atoms. The van der Waals surface area contributed by atoms with Gasteiger partial charge in [-0.05, 0) is 7.05 Å². The largest absolute Gasteiger partial charge is 0.394 e. The first-order chi connectivity index (χ1) is 12.9. The minimum absolute atomic E-state index is 0.0656. The van der Waals surface area contributed by atoms with Crippen LogP contribution in [0.4, 0.5) is 11.9 Å². The van der Waals surface area contributed by atoms with Gasteiger partial charge in [-0.2, -0.15) is 4.98 Å². The molecular weight excluding hydrogens is 358 g/mol. The number of imidazole rings is 1. The number of nitrogen functional groups attached to an aromatic ring is 1. The first-order valence-corrected chi connectivity index (χ1v) is 8.74. The van der Waals surface area contributed by atoms with E-state index in [1.807, 2.05) is 11.9 Å². The molecule has 6 N–H and O–H groups in total. The number of nitrogens with one attached hydrogen (secondary N) is 1. The third-order valence-corrected chi connectivity index (χ3v) is 5.11. The van der Waals surface area contributed by atoms with Gasteiger partial charge in [-0.3, -0.25) is 14.3 Å². The normalized spacial score (nSPS) is 29.7. The van der Waals surface area contributed by atoms with E-state index in [9.17, 15) is 20.1 Å². The molecule has 148 valence electrons. The fourth-order valence-electron chi connectivity index (χ4n) is 3.55. The number of fused-ring (bicyclic) bond motifs is 1. The average molecular weight is 381 g/mol. The Labute approximate surface area is 153 Å². The van der Waals surface area contributed by atoms with E-state index < -0.39 is 36.7 Å². The first kappa shape index (κ1) is 18.1. The molecule has 12 heteroatoms. The molecule has 0 spiro atoms. The summed E-state index contributed by atoms with van der Waals surface area (Å²) in [5, 5.41) is 30.0.